The second-order valence-electron chi connectivity index (χ2n) is 3.89. The molecule has 1 rings (SSSR count). The number of methoxy groups -OCH3 is 1. The predicted octanol–water partition coefficient (Wildman–Crippen LogP) is 3.09. The van der Waals surface area contributed by atoms with Gasteiger partial charge in [-0.15, -0.1) is 11.3 Å². The molecule has 0 saturated heterocycles. The third-order valence-electron chi connectivity index (χ3n) is 2.18. The van der Waals surface area contributed by atoms with Gasteiger partial charge in [-0.25, -0.2) is 0 Å². The van der Waals surface area contributed by atoms with E-state index in [4.69, 9.17) is 4.74 Å². The first-order valence-corrected chi connectivity index (χ1v) is 6.69. The van der Waals surface area contributed by atoms with Gasteiger partial charge in [-0.05, 0) is 34.3 Å². The Bertz CT molecular complexity index is 288. The van der Waals surface area contributed by atoms with Crippen molar-refractivity contribution >= 4 is 27.3 Å². The lowest BCUT2D eigenvalue weighted by atomic mass is 10.0. The van der Waals surface area contributed by atoms with Crippen LogP contribution in [-0.2, 0) is 11.2 Å². The Kier molecular flexibility index (Phi) is 5.82. The highest BCUT2D eigenvalue weighted by atomic mass is 79.9. The molecule has 2 nitrogen and oxygen atoms in total. The van der Waals surface area contributed by atoms with Crippen molar-refractivity contribution in [2.24, 2.45) is 5.92 Å². The van der Waals surface area contributed by atoms with E-state index in [-0.39, 0.29) is 6.10 Å². The number of hydrogen-bond donors (Lipinski definition) is 1. The summed E-state index contributed by atoms with van der Waals surface area (Å²) < 4.78 is 6.14. The van der Waals surface area contributed by atoms with E-state index in [0.29, 0.717) is 12.5 Å². The lowest BCUT2D eigenvalue weighted by Gasteiger charge is -2.14. The van der Waals surface area contributed by atoms with Crippen molar-refractivity contribution in [3.63, 3.8) is 0 Å². The summed E-state index contributed by atoms with van der Waals surface area (Å²) in [6.07, 6.45) is 1.27. The fraction of sp³-hybridized carbons (Fsp3) is 0.636. The van der Waals surface area contributed by atoms with Crippen LogP contribution in [-0.4, -0.2) is 24.9 Å². The molecule has 0 spiro atoms. The van der Waals surface area contributed by atoms with Crippen LogP contribution in [0.4, 0.5) is 0 Å². The summed E-state index contributed by atoms with van der Waals surface area (Å²) >= 11 is 5.09. The molecule has 2 atom stereocenters. The monoisotopic (exact) mass is 292 g/mol. The molecule has 4 heteroatoms. The van der Waals surface area contributed by atoms with Crippen LogP contribution in [0.25, 0.3) is 0 Å². The summed E-state index contributed by atoms with van der Waals surface area (Å²) in [6.45, 7) is 2.81. The number of rotatable bonds is 6. The molecule has 1 aromatic rings. The predicted molar refractivity (Wildman–Crippen MR) is 67.4 cm³/mol. The van der Waals surface area contributed by atoms with Crippen LogP contribution in [0.2, 0.25) is 0 Å². The maximum absolute atomic E-state index is 9.84. The average molecular weight is 293 g/mol. The van der Waals surface area contributed by atoms with Crippen LogP contribution in [0.15, 0.2) is 15.9 Å². The number of ether oxygens (including phenoxy) is 1. The molecule has 0 aliphatic rings. The first kappa shape index (κ1) is 13.2. The van der Waals surface area contributed by atoms with E-state index >= 15 is 0 Å². The zero-order valence-electron chi connectivity index (χ0n) is 9.07. The van der Waals surface area contributed by atoms with Gasteiger partial charge in [-0.2, -0.15) is 0 Å². The SMILES string of the molecule is COCC(C)CC(O)Cc1cc(Br)cs1. The molecule has 0 saturated carbocycles. The van der Waals surface area contributed by atoms with E-state index < -0.39 is 0 Å². The van der Waals surface area contributed by atoms with E-state index in [1.165, 1.54) is 4.88 Å². The molecule has 1 aromatic heterocycles. The van der Waals surface area contributed by atoms with Gasteiger partial charge < -0.3 is 9.84 Å². The second kappa shape index (κ2) is 6.63. The number of thiophene rings is 1. The Morgan fingerprint density at radius 3 is 2.87 bits per heavy atom. The van der Waals surface area contributed by atoms with Crippen LogP contribution >= 0.6 is 27.3 Å². The molecule has 0 fully saturated rings. The summed E-state index contributed by atoms with van der Waals surface area (Å²) in [5, 5.41) is 11.9. The molecule has 0 bridgehead atoms. The molecule has 15 heavy (non-hydrogen) atoms. The summed E-state index contributed by atoms with van der Waals surface area (Å²) in [4.78, 5) is 1.22. The van der Waals surface area contributed by atoms with Gasteiger partial charge in [0.05, 0.1) is 6.10 Å². The molecule has 0 aromatic carbocycles. The average Bonchev–Trinajstić information content (AvgIpc) is 2.51. The van der Waals surface area contributed by atoms with Crippen molar-refractivity contribution in [3.05, 3.63) is 20.8 Å². The number of hydrogen-bond acceptors (Lipinski definition) is 3. The largest absolute Gasteiger partial charge is 0.393 e. The van der Waals surface area contributed by atoms with Gasteiger partial charge in [0, 0.05) is 34.9 Å². The van der Waals surface area contributed by atoms with Gasteiger partial charge >= 0.3 is 0 Å². The second-order valence-corrected chi connectivity index (χ2v) is 5.80. The standard InChI is InChI=1S/C11H17BrO2S/c1-8(6-14-2)3-10(13)5-11-4-9(12)7-15-11/h4,7-8,10,13H,3,5-6H2,1-2H3. The lowest BCUT2D eigenvalue weighted by Crippen LogP contribution is -2.16. The van der Waals surface area contributed by atoms with Crippen molar-refractivity contribution in [2.45, 2.75) is 25.9 Å². The Morgan fingerprint density at radius 2 is 2.33 bits per heavy atom. The van der Waals surface area contributed by atoms with E-state index in [9.17, 15) is 5.11 Å². The third-order valence-corrected chi connectivity index (χ3v) is 3.90. The van der Waals surface area contributed by atoms with Crippen LogP contribution < -0.4 is 0 Å². The maximum Gasteiger partial charge on any atom is 0.0591 e. The third kappa shape index (κ3) is 5.11. The minimum atomic E-state index is -0.263. The minimum Gasteiger partial charge on any atom is -0.393 e. The normalized spacial score (nSPS) is 15.2. The Balaban J connectivity index is 2.32. The van der Waals surface area contributed by atoms with Gasteiger partial charge in [0.15, 0.2) is 0 Å². The van der Waals surface area contributed by atoms with E-state index in [0.717, 1.165) is 17.3 Å². The zero-order chi connectivity index (χ0) is 11.3. The highest BCUT2D eigenvalue weighted by Crippen LogP contribution is 2.22. The van der Waals surface area contributed by atoms with Gasteiger partial charge in [0.2, 0.25) is 0 Å². The van der Waals surface area contributed by atoms with Crippen LogP contribution in [0.5, 0.6) is 0 Å². The first-order valence-electron chi connectivity index (χ1n) is 5.01. The van der Waals surface area contributed by atoms with Crippen molar-refractivity contribution in [1.29, 1.82) is 0 Å². The topological polar surface area (TPSA) is 29.5 Å². The van der Waals surface area contributed by atoms with E-state index in [1.807, 2.05) is 5.38 Å². The zero-order valence-corrected chi connectivity index (χ0v) is 11.5. The molecule has 0 aliphatic carbocycles. The minimum absolute atomic E-state index is 0.263. The molecular weight excluding hydrogens is 276 g/mol. The Hall–Kier alpha value is 0.1000. The van der Waals surface area contributed by atoms with Crippen molar-refractivity contribution in [1.82, 2.24) is 0 Å². The summed E-state index contributed by atoms with van der Waals surface area (Å²) in [6, 6.07) is 2.06. The van der Waals surface area contributed by atoms with Crippen molar-refractivity contribution in [3.8, 4) is 0 Å². The smallest absolute Gasteiger partial charge is 0.0591 e. The van der Waals surface area contributed by atoms with Gasteiger partial charge in [0.1, 0.15) is 0 Å². The summed E-state index contributed by atoms with van der Waals surface area (Å²) in [7, 11) is 1.69. The molecule has 0 aliphatic heterocycles. The van der Waals surface area contributed by atoms with Gasteiger partial charge in [-0.3, -0.25) is 0 Å². The Morgan fingerprint density at radius 1 is 1.60 bits per heavy atom. The molecule has 2 unspecified atom stereocenters. The molecule has 1 N–H and O–H groups in total. The van der Waals surface area contributed by atoms with Crippen LogP contribution in [0, 0.1) is 5.92 Å². The maximum atomic E-state index is 9.84. The Labute approximate surface area is 103 Å². The lowest BCUT2D eigenvalue weighted by molar-refractivity contribution is 0.102. The fourth-order valence-electron chi connectivity index (χ4n) is 1.59. The van der Waals surface area contributed by atoms with E-state index in [1.54, 1.807) is 18.4 Å². The number of halogens is 1. The fourth-order valence-corrected chi connectivity index (χ4v) is 3.12. The molecule has 1 heterocycles. The van der Waals surface area contributed by atoms with Crippen LogP contribution in [0.3, 0.4) is 0 Å². The molecule has 0 amide bonds. The molecule has 0 radical (unpaired) electrons. The van der Waals surface area contributed by atoms with Gasteiger partial charge in [-0.1, -0.05) is 6.92 Å². The molecule has 86 valence electrons. The van der Waals surface area contributed by atoms with Crippen LogP contribution in [0.1, 0.15) is 18.2 Å². The number of aliphatic hydroxyl groups excluding tert-OH is 1. The van der Waals surface area contributed by atoms with Crippen molar-refractivity contribution in [2.75, 3.05) is 13.7 Å². The van der Waals surface area contributed by atoms with Crippen molar-refractivity contribution < 1.29 is 9.84 Å². The summed E-state index contributed by atoms with van der Waals surface area (Å²) in [5.41, 5.74) is 0. The molecular formula is C11H17BrO2S. The first-order chi connectivity index (χ1) is 7.11. The number of aliphatic hydroxyl groups is 1. The quantitative estimate of drug-likeness (QED) is 0.873. The van der Waals surface area contributed by atoms with E-state index in [2.05, 4.69) is 28.9 Å². The highest BCUT2D eigenvalue weighted by molar-refractivity contribution is 9.10. The highest BCUT2D eigenvalue weighted by Gasteiger charge is 2.11. The summed E-state index contributed by atoms with van der Waals surface area (Å²) in [5.74, 6) is 0.411. The van der Waals surface area contributed by atoms with Gasteiger partial charge in [0.25, 0.3) is 0 Å².